The second-order valence-electron chi connectivity index (χ2n) is 5.49. The highest BCUT2D eigenvalue weighted by Crippen LogP contribution is 2.18. The minimum atomic E-state index is -0.101. The van der Waals surface area contributed by atoms with E-state index in [1.165, 1.54) is 11.3 Å². The average molecular weight is 277 g/mol. The van der Waals surface area contributed by atoms with E-state index in [9.17, 15) is 4.79 Å². The monoisotopic (exact) mass is 277 g/mol. The Kier molecular flexibility index (Phi) is 5.06. The van der Waals surface area contributed by atoms with Crippen LogP contribution in [0.1, 0.15) is 37.4 Å². The Labute approximate surface area is 120 Å². The third-order valence-corrected chi connectivity index (χ3v) is 3.52. The lowest BCUT2D eigenvalue weighted by molar-refractivity contribution is -0.144. The maximum atomic E-state index is 11.5. The van der Waals surface area contributed by atoms with Crippen molar-refractivity contribution in [1.82, 2.24) is 14.9 Å². The molecule has 0 radical (unpaired) electrons. The van der Waals surface area contributed by atoms with Gasteiger partial charge in [-0.15, -0.1) is 0 Å². The summed E-state index contributed by atoms with van der Waals surface area (Å²) in [6.45, 7) is 9.10. The van der Waals surface area contributed by atoms with Gasteiger partial charge in [-0.05, 0) is 19.8 Å². The molecule has 0 saturated carbocycles. The van der Waals surface area contributed by atoms with Crippen LogP contribution in [-0.4, -0.2) is 40.5 Å². The van der Waals surface area contributed by atoms with Gasteiger partial charge in [-0.3, -0.25) is 9.69 Å². The first kappa shape index (κ1) is 14.9. The van der Waals surface area contributed by atoms with Gasteiger partial charge in [0.2, 0.25) is 0 Å². The van der Waals surface area contributed by atoms with Gasteiger partial charge in [-0.25, -0.2) is 9.97 Å². The zero-order valence-corrected chi connectivity index (χ0v) is 12.6. The van der Waals surface area contributed by atoms with Crippen LogP contribution < -0.4 is 0 Å². The number of hydrogen-bond donors (Lipinski definition) is 0. The molecule has 0 N–H and O–H groups in total. The molecule has 0 aliphatic carbocycles. The number of fused-ring (bicyclic) bond motifs is 1. The maximum Gasteiger partial charge on any atom is 0.306 e. The summed E-state index contributed by atoms with van der Waals surface area (Å²) in [5.74, 6) is 1.05. The molecule has 1 aromatic rings. The SMILES string of the molecule is CCOC(=O)CC(C)CN1CCc2nc(C)ncc2C1. The molecule has 1 atom stereocenters. The van der Waals surface area contributed by atoms with Crippen LogP contribution in [0.25, 0.3) is 0 Å². The number of aromatic nitrogens is 2. The average Bonchev–Trinajstić information content (AvgIpc) is 2.39. The second kappa shape index (κ2) is 6.79. The van der Waals surface area contributed by atoms with Crippen LogP contribution in [0.2, 0.25) is 0 Å². The zero-order chi connectivity index (χ0) is 14.5. The van der Waals surface area contributed by atoms with Gasteiger partial charge in [0.15, 0.2) is 0 Å². The summed E-state index contributed by atoms with van der Waals surface area (Å²) in [5.41, 5.74) is 2.39. The van der Waals surface area contributed by atoms with Crippen molar-refractivity contribution in [2.24, 2.45) is 5.92 Å². The van der Waals surface area contributed by atoms with E-state index in [1.54, 1.807) is 0 Å². The Morgan fingerprint density at radius 3 is 3.10 bits per heavy atom. The predicted molar refractivity (Wildman–Crippen MR) is 76.2 cm³/mol. The van der Waals surface area contributed by atoms with Crippen molar-refractivity contribution in [1.29, 1.82) is 0 Å². The van der Waals surface area contributed by atoms with Gasteiger partial charge in [-0.2, -0.15) is 0 Å². The summed E-state index contributed by atoms with van der Waals surface area (Å²) in [4.78, 5) is 22.6. The summed E-state index contributed by atoms with van der Waals surface area (Å²) in [7, 11) is 0. The van der Waals surface area contributed by atoms with E-state index in [0.29, 0.717) is 18.9 Å². The lowest BCUT2D eigenvalue weighted by Crippen LogP contribution is -2.35. The van der Waals surface area contributed by atoms with Crippen LogP contribution in [0, 0.1) is 12.8 Å². The lowest BCUT2D eigenvalue weighted by Gasteiger charge is -2.29. The summed E-state index contributed by atoms with van der Waals surface area (Å²) < 4.78 is 4.99. The van der Waals surface area contributed by atoms with E-state index in [1.807, 2.05) is 20.0 Å². The molecule has 20 heavy (non-hydrogen) atoms. The van der Waals surface area contributed by atoms with Crippen LogP contribution in [0.5, 0.6) is 0 Å². The number of nitrogens with zero attached hydrogens (tertiary/aromatic N) is 3. The van der Waals surface area contributed by atoms with E-state index < -0.39 is 0 Å². The van der Waals surface area contributed by atoms with Crippen LogP contribution in [0.4, 0.5) is 0 Å². The van der Waals surface area contributed by atoms with E-state index in [0.717, 1.165) is 31.9 Å². The van der Waals surface area contributed by atoms with E-state index in [2.05, 4.69) is 21.8 Å². The molecule has 2 rings (SSSR count). The van der Waals surface area contributed by atoms with Gasteiger partial charge in [0.25, 0.3) is 0 Å². The third kappa shape index (κ3) is 4.00. The fourth-order valence-corrected chi connectivity index (χ4v) is 2.64. The number of esters is 1. The number of rotatable bonds is 5. The molecule has 1 aliphatic heterocycles. The molecule has 0 amide bonds. The molecule has 0 aromatic carbocycles. The van der Waals surface area contributed by atoms with Gasteiger partial charge in [0, 0.05) is 49.9 Å². The fraction of sp³-hybridized carbons (Fsp3) is 0.667. The number of ether oxygens (including phenoxy) is 1. The highest BCUT2D eigenvalue weighted by molar-refractivity contribution is 5.69. The van der Waals surface area contributed by atoms with Crippen molar-refractivity contribution in [2.45, 2.75) is 40.2 Å². The molecular weight excluding hydrogens is 254 g/mol. The maximum absolute atomic E-state index is 11.5. The third-order valence-electron chi connectivity index (χ3n) is 3.52. The lowest BCUT2D eigenvalue weighted by atomic mass is 10.0. The van der Waals surface area contributed by atoms with Crippen molar-refractivity contribution >= 4 is 5.97 Å². The molecule has 5 nitrogen and oxygen atoms in total. The quantitative estimate of drug-likeness (QED) is 0.767. The van der Waals surface area contributed by atoms with Crippen molar-refractivity contribution in [2.75, 3.05) is 19.7 Å². The summed E-state index contributed by atoms with van der Waals surface area (Å²) in [6.07, 6.45) is 3.38. The minimum absolute atomic E-state index is 0.101. The van der Waals surface area contributed by atoms with Gasteiger partial charge in [0.1, 0.15) is 5.82 Å². The fourth-order valence-electron chi connectivity index (χ4n) is 2.64. The Hall–Kier alpha value is -1.49. The van der Waals surface area contributed by atoms with E-state index >= 15 is 0 Å². The molecule has 110 valence electrons. The van der Waals surface area contributed by atoms with Crippen molar-refractivity contribution in [3.8, 4) is 0 Å². The first-order valence-corrected chi connectivity index (χ1v) is 7.27. The standard InChI is InChI=1S/C15H23N3O2/c1-4-20-15(19)7-11(2)9-18-6-5-14-13(10-18)8-16-12(3)17-14/h8,11H,4-7,9-10H2,1-3H3. The summed E-state index contributed by atoms with van der Waals surface area (Å²) >= 11 is 0. The van der Waals surface area contributed by atoms with Crippen LogP contribution >= 0.6 is 0 Å². The Morgan fingerprint density at radius 2 is 2.35 bits per heavy atom. The summed E-state index contributed by atoms with van der Waals surface area (Å²) in [6, 6.07) is 0. The van der Waals surface area contributed by atoms with Gasteiger partial charge >= 0.3 is 5.97 Å². The number of hydrogen-bond acceptors (Lipinski definition) is 5. The Balaban J connectivity index is 1.86. The van der Waals surface area contributed by atoms with Crippen molar-refractivity contribution in [3.63, 3.8) is 0 Å². The minimum Gasteiger partial charge on any atom is -0.466 e. The van der Waals surface area contributed by atoms with Crippen molar-refractivity contribution in [3.05, 3.63) is 23.3 Å². The molecule has 0 saturated heterocycles. The largest absolute Gasteiger partial charge is 0.466 e. The molecule has 5 heteroatoms. The normalized spacial score (nSPS) is 16.6. The van der Waals surface area contributed by atoms with Gasteiger partial charge in [0.05, 0.1) is 6.61 Å². The summed E-state index contributed by atoms with van der Waals surface area (Å²) in [5, 5.41) is 0. The Morgan fingerprint density at radius 1 is 1.55 bits per heavy atom. The number of aryl methyl sites for hydroxylation is 1. The molecule has 1 unspecified atom stereocenters. The number of carbonyl (C=O) groups excluding carboxylic acids is 1. The smallest absolute Gasteiger partial charge is 0.306 e. The van der Waals surface area contributed by atoms with Gasteiger partial charge < -0.3 is 4.74 Å². The van der Waals surface area contributed by atoms with E-state index in [4.69, 9.17) is 4.74 Å². The molecular formula is C15H23N3O2. The van der Waals surface area contributed by atoms with Crippen molar-refractivity contribution < 1.29 is 9.53 Å². The van der Waals surface area contributed by atoms with Crippen LogP contribution in [0.15, 0.2) is 6.20 Å². The van der Waals surface area contributed by atoms with Crippen LogP contribution in [-0.2, 0) is 22.5 Å². The highest BCUT2D eigenvalue weighted by atomic mass is 16.5. The molecule has 0 bridgehead atoms. The highest BCUT2D eigenvalue weighted by Gasteiger charge is 2.20. The topological polar surface area (TPSA) is 55.3 Å². The zero-order valence-electron chi connectivity index (χ0n) is 12.6. The first-order chi connectivity index (χ1) is 9.58. The molecule has 1 aliphatic rings. The number of carbonyl (C=O) groups is 1. The molecule has 0 fully saturated rings. The van der Waals surface area contributed by atoms with E-state index in [-0.39, 0.29) is 5.97 Å². The van der Waals surface area contributed by atoms with Gasteiger partial charge in [-0.1, -0.05) is 6.92 Å². The predicted octanol–water partition coefficient (Wildman–Crippen LogP) is 1.73. The molecule has 1 aromatic heterocycles. The first-order valence-electron chi connectivity index (χ1n) is 7.27. The van der Waals surface area contributed by atoms with Crippen LogP contribution in [0.3, 0.4) is 0 Å². The molecule has 2 heterocycles. The molecule has 0 spiro atoms. The Bertz CT molecular complexity index is 476. The second-order valence-corrected chi connectivity index (χ2v) is 5.49.